The van der Waals surface area contributed by atoms with Crippen LogP contribution in [-0.2, 0) is 43.1 Å². The number of thiol groups is 1. The highest BCUT2D eigenvalue weighted by atomic mass is 127. The predicted molar refractivity (Wildman–Crippen MR) is 141 cm³/mol. The van der Waals surface area contributed by atoms with Gasteiger partial charge in [-0.25, -0.2) is 19.1 Å². The molecule has 210 valence electrons. The molecular weight excluding hydrogens is 681 g/mol. The van der Waals surface area contributed by atoms with Gasteiger partial charge in [0, 0.05) is 12.7 Å². The Bertz CT molecular complexity index is 1320. The Morgan fingerprint density at radius 2 is 1.87 bits per heavy atom. The maximum Gasteiger partial charge on any atom is 0.472 e. The van der Waals surface area contributed by atoms with Crippen molar-refractivity contribution in [2.45, 2.75) is 59.8 Å². The van der Waals surface area contributed by atoms with E-state index in [2.05, 4.69) is 27.5 Å². The molecule has 0 aromatic carbocycles. The van der Waals surface area contributed by atoms with Gasteiger partial charge in [-0.15, -0.1) is 0 Å². The van der Waals surface area contributed by atoms with E-state index in [9.17, 15) is 24.2 Å². The Labute approximate surface area is 234 Å². The van der Waals surface area contributed by atoms with Crippen LogP contribution >= 0.6 is 49.5 Å². The fraction of sp³-hybridized carbons (Fsp3) is 0.684. The number of hydrogen-bond donors (Lipinski definition) is 5. The topological polar surface area (TPSA) is 193 Å². The molecule has 0 amide bonds. The van der Waals surface area contributed by atoms with Crippen molar-refractivity contribution in [3.05, 3.63) is 18.1 Å². The number of aryl methyl sites for hydroxylation is 1. The second-order valence-electron chi connectivity index (χ2n) is 9.25. The number of halogens is 1. The third-order valence-electron chi connectivity index (χ3n) is 6.78. The van der Waals surface area contributed by atoms with E-state index in [0.717, 1.165) is 30.3 Å². The molecule has 2 aromatic heterocycles. The van der Waals surface area contributed by atoms with Crippen LogP contribution in [0.3, 0.4) is 0 Å². The first-order chi connectivity index (χ1) is 18.0. The summed E-state index contributed by atoms with van der Waals surface area (Å²) >= 11 is 5.82. The molecule has 6 heterocycles. The lowest BCUT2D eigenvalue weighted by Gasteiger charge is -2.25. The van der Waals surface area contributed by atoms with Crippen LogP contribution in [0.4, 0.5) is 5.82 Å². The van der Waals surface area contributed by atoms with Gasteiger partial charge in [0.1, 0.15) is 58.5 Å². The number of aliphatic hydroxyl groups is 2. The molecule has 0 radical (unpaired) electrons. The van der Waals surface area contributed by atoms with Crippen molar-refractivity contribution in [2.75, 3.05) is 25.1 Å². The van der Waals surface area contributed by atoms with E-state index in [1.54, 1.807) is 33.4 Å². The number of nitrogens with zero attached hydrogens (tertiary/aromatic N) is 3. The van der Waals surface area contributed by atoms with Gasteiger partial charge in [0.15, 0.2) is 6.23 Å². The largest absolute Gasteiger partial charge is 0.472 e. The molecule has 0 spiro atoms. The third-order valence-corrected chi connectivity index (χ3v) is 10.4. The molecule has 10 atom stereocenters. The van der Waals surface area contributed by atoms with Crippen LogP contribution in [0.25, 0.3) is 11.0 Å². The van der Waals surface area contributed by atoms with Crippen molar-refractivity contribution in [3.63, 3.8) is 0 Å². The number of fused-ring (bicyclic) bond motifs is 3. The maximum absolute atomic E-state index is 13.1. The molecule has 4 aliphatic heterocycles. The Morgan fingerprint density at radius 1 is 1.08 bits per heavy atom. The maximum atomic E-state index is 13.1. The summed E-state index contributed by atoms with van der Waals surface area (Å²) in [6.45, 7) is -4.41. The van der Waals surface area contributed by atoms with Crippen molar-refractivity contribution in [3.8, 4) is 0 Å². The Morgan fingerprint density at radius 3 is 2.68 bits per heavy atom. The standard InChI is InChI=1S/C19H25IN4O11P2S/c20-16-15-12(25)9(32-16)5-31-37(29,38)35-14-10(6-30-36(27,28)34-15)33-19(13(14)26)24-4-8-2-1-3-21-17-11(8)18(24)23-7-22-17/h4,7,9-10,12-16,19,25-26H,1-3,5-6H2,(H,27,28)(H,29,38)(H,21,22,23)/t9?,10-,12-,13-,14-,15-,16-,19-,37+/m1/s1. The molecule has 19 heteroatoms. The van der Waals surface area contributed by atoms with Gasteiger partial charge >= 0.3 is 14.6 Å². The van der Waals surface area contributed by atoms with Gasteiger partial charge < -0.3 is 34.5 Å². The Balaban J connectivity index is 1.33. The smallest absolute Gasteiger partial charge is 0.387 e. The van der Waals surface area contributed by atoms with Crippen molar-refractivity contribution in [1.82, 2.24) is 14.5 Å². The highest BCUT2D eigenvalue weighted by molar-refractivity contribution is 14.1. The molecule has 0 aliphatic carbocycles. The van der Waals surface area contributed by atoms with E-state index in [1.165, 1.54) is 6.33 Å². The minimum absolute atomic E-state index is 0.423. The van der Waals surface area contributed by atoms with E-state index in [0.29, 0.717) is 11.5 Å². The number of aromatic nitrogens is 3. The average Bonchev–Trinajstić information content (AvgIpc) is 3.39. The molecular formula is C19H25IN4O11P2S. The number of ether oxygens (including phenoxy) is 2. The molecule has 4 N–H and O–H groups in total. The lowest BCUT2D eigenvalue weighted by Crippen LogP contribution is -2.36. The summed E-state index contributed by atoms with van der Waals surface area (Å²) in [5, 5.41) is 25.8. The summed E-state index contributed by atoms with van der Waals surface area (Å²) in [6.07, 6.45) is -3.94. The number of aliphatic hydroxyl groups excluding tert-OH is 2. The Hall–Kier alpha value is -0.400. The van der Waals surface area contributed by atoms with Crippen LogP contribution in [0, 0.1) is 0 Å². The van der Waals surface area contributed by atoms with Gasteiger partial charge in [0.25, 0.3) is 0 Å². The fourth-order valence-electron chi connectivity index (χ4n) is 5.02. The third kappa shape index (κ3) is 5.19. The van der Waals surface area contributed by atoms with Crippen LogP contribution < -0.4 is 5.32 Å². The van der Waals surface area contributed by atoms with E-state index >= 15 is 0 Å². The zero-order valence-corrected chi connectivity index (χ0v) is 24.3. The number of alkyl halides is 1. The number of rotatable bonds is 1. The van der Waals surface area contributed by atoms with Crippen LogP contribution in [-0.4, -0.2) is 90.1 Å². The number of phosphoric acid groups is 1. The molecule has 3 fully saturated rings. The van der Waals surface area contributed by atoms with Gasteiger partial charge in [0.05, 0.1) is 18.6 Å². The Kier molecular flexibility index (Phi) is 7.64. The number of nitrogens with one attached hydrogen (secondary N) is 1. The van der Waals surface area contributed by atoms with Crippen molar-refractivity contribution in [1.29, 1.82) is 0 Å². The van der Waals surface area contributed by atoms with Crippen LogP contribution in [0.15, 0.2) is 12.5 Å². The lowest BCUT2D eigenvalue weighted by molar-refractivity contribution is -0.0531. The van der Waals surface area contributed by atoms with Gasteiger partial charge in [-0.2, -0.15) is 0 Å². The second kappa shape index (κ2) is 10.5. The molecule has 6 rings (SSSR count). The first-order valence-electron chi connectivity index (χ1n) is 11.7. The zero-order valence-electron chi connectivity index (χ0n) is 19.5. The van der Waals surface area contributed by atoms with Gasteiger partial charge in [-0.3, -0.25) is 18.1 Å². The van der Waals surface area contributed by atoms with E-state index in [4.69, 9.17) is 27.6 Å². The minimum atomic E-state index is -4.74. The fourth-order valence-corrected chi connectivity index (χ4v) is 8.63. The lowest BCUT2D eigenvalue weighted by atomic mass is 10.1. The molecule has 4 aliphatic rings. The molecule has 2 aromatic rings. The van der Waals surface area contributed by atoms with Crippen molar-refractivity contribution >= 4 is 66.3 Å². The molecule has 15 nitrogen and oxygen atoms in total. The summed E-state index contributed by atoms with van der Waals surface area (Å²) in [7, 11) is -4.74. The van der Waals surface area contributed by atoms with E-state index in [1.807, 2.05) is 0 Å². The molecule has 38 heavy (non-hydrogen) atoms. The average molecular weight is 706 g/mol. The summed E-state index contributed by atoms with van der Waals surface area (Å²) < 4.78 is 59.6. The highest BCUT2D eigenvalue weighted by Crippen LogP contribution is 2.58. The van der Waals surface area contributed by atoms with Crippen LogP contribution in [0.1, 0.15) is 18.2 Å². The number of anilines is 1. The zero-order chi connectivity index (χ0) is 26.8. The van der Waals surface area contributed by atoms with Gasteiger partial charge in [0.2, 0.25) is 0 Å². The van der Waals surface area contributed by atoms with Crippen LogP contribution in [0.2, 0.25) is 0 Å². The monoisotopic (exact) mass is 706 g/mol. The SMILES string of the molecule is O=P1(O)OC[C@H]2O[C@@H](n3cc4c5c(ncnc53)NCCC4)[C@H](O)[C@@H]2O[P@@](=O)(S)OCC2O[C@@H](I)[C@H](O1)[C@@H]2O. The highest BCUT2D eigenvalue weighted by Gasteiger charge is 2.52. The molecule has 2 bridgehead atoms. The summed E-state index contributed by atoms with van der Waals surface area (Å²) in [4.78, 5) is 19.0. The molecule has 0 saturated carbocycles. The predicted octanol–water partition coefficient (Wildman–Crippen LogP) is 1.52. The second-order valence-corrected chi connectivity index (χ2v) is 14.8. The quantitative estimate of drug-likeness (QED) is 0.124. The van der Waals surface area contributed by atoms with Gasteiger partial charge in [-0.1, -0.05) is 12.2 Å². The van der Waals surface area contributed by atoms with Crippen molar-refractivity contribution in [2.24, 2.45) is 0 Å². The first-order valence-corrected chi connectivity index (χ1v) is 17.2. The molecule has 3 saturated heterocycles. The van der Waals surface area contributed by atoms with E-state index < -0.39 is 74.8 Å². The normalized spacial score (nSPS) is 43.9. The summed E-state index contributed by atoms with van der Waals surface area (Å²) in [5.74, 6) is 0.662. The van der Waals surface area contributed by atoms with Crippen LogP contribution in [0.5, 0.6) is 0 Å². The molecule has 2 unspecified atom stereocenters. The van der Waals surface area contributed by atoms with E-state index in [-0.39, 0.29) is 0 Å². The summed E-state index contributed by atoms with van der Waals surface area (Å²) in [5.41, 5.74) is 1.45. The van der Waals surface area contributed by atoms with Gasteiger partial charge in [-0.05, 0) is 41.0 Å². The van der Waals surface area contributed by atoms with Crippen molar-refractivity contribution < 1.29 is 51.8 Å². The minimum Gasteiger partial charge on any atom is -0.387 e. The number of phosphoric ester groups is 1. The summed E-state index contributed by atoms with van der Waals surface area (Å²) in [6, 6.07) is 0. The number of hydrogen-bond acceptors (Lipinski definition) is 13. The first kappa shape index (κ1) is 27.8.